The fourth-order valence-corrected chi connectivity index (χ4v) is 1.09. The van der Waals surface area contributed by atoms with Gasteiger partial charge in [-0.15, -0.1) is 0 Å². The van der Waals surface area contributed by atoms with Gasteiger partial charge in [-0.25, -0.2) is 0 Å². The number of rotatable bonds is 2. The van der Waals surface area contributed by atoms with E-state index in [1.54, 1.807) is 0 Å². The Bertz CT molecular complexity index is 145. The normalized spacial score (nSPS) is 31.3. The van der Waals surface area contributed by atoms with Crippen LogP contribution in [0.2, 0.25) is 0 Å². The molecule has 0 aromatic carbocycles. The molecule has 0 saturated carbocycles. The molecule has 55 valence electrons. The molecule has 1 unspecified atom stereocenters. The topological polar surface area (TPSA) is 3.24 Å². The molecule has 0 bridgehead atoms. The van der Waals surface area contributed by atoms with E-state index >= 15 is 0 Å². The van der Waals surface area contributed by atoms with Crippen LogP contribution in [0.5, 0.6) is 0 Å². The molecule has 0 amide bonds. The molecule has 1 heterocycles. The summed E-state index contributed by atoms with van der Waals surface area (Å²) in [6, 6.07) is 0. The van der Waals surface area contributed by atoms with E-state index in [9.17, 15) is 4.32 Å². The van der Waals surface area contributed by atoms with Gasteiger partial charge in [-0.05, 0) is 6.92 Å². The molecule has 0 aliphatic carbocycles. The van der Waals surface area contributed by atoms with Gasteiger partial charge >= 0.3 is 7.69 Å². The molecule has 4 heteroatoms. The van der Waals surface area contributed by atoms with Crippen molar-refractivity contribution in [1.29, 1.82) is 0 Å². The lowest BCUT2D eigenvalue weighted by atomic mass is 10.2. The van der Waals surface area contributed by atoms with Crippen molar-refractivity contribution in [2.45, 2.75) is 6.92 Å². The van der Waals surface area contributed by atoms with Crippen LogP contribution in [0, 0.1) is 0 Å². The molecule has 0 saturated heterocycles. The van der Waals surface area contributed by atoms with Crippen molar-refractivity contribution in [3.63, 3.8) is 0 Å². The van der Waals surface area contributed by atoms with Crippen LogP contribution in [0.1, 0.15) is 6.92 Å². The van der Waals surface area contributed by atoms with Gasteiger partial charge < -0.3 is 9.29 Å². The predicted octanol–water partition coefficient (Wildman–Crippen LogP) is 0.701. The van der Waals surface area contributed by atoms with Crippen molar-refractivity contribution in [2.24, 2.45) is 0 Å². The van der Waals surface area contributed by atoms with E-state index in [0.29, 0.717) is 11.1 Å². The fourth-order valence-electron chi connectivity index (χ4n) is 1.09. The van der Waals surface area contributed by atoms with Crippen molar-refractivity contribution in [3.05, 3.63) is 12.4 Å². The van der Waals surface area contributed by atoms with Gasteiger partial charge in [0.1, 0.15) is 6.67 Å². The molecule has 1 radical (unpaired) electrons. The third-order valence-corrected chi connectivity index (χ3v) is 1.89. The molecule has 1 rings (SSSR count). The average molecular weight is 142 g/mol. The highest BCUT2D eigenvalue weighted by molar-refractivity contribution is 6.16. The quantitative estimate of drug-likeness (QED) is 0.513. The lowest BCUT2D eigenvalue weighted by molar-refractivity contribution is -0.772. The van der Waals surface area contributed by atoms with E-state index in [4.69, 9.17) is 0 Å². The monoisotopic (exact) mass is 142 g/mol. The minimum Gasteiger partial charge on any atom is -0.331 e. The lowest BCUT2D eigenvalue weighted by Crippen LogP contribution is -2.45. The summed E-state index contributed by atoms with van der Waals surface area (Å²) in [5.74, 6) is 0. The Morgan fingerprint density at radius 1 is 1.80 bits per heavy atom. The van der Waals surface area contributed by atoms with Gasteiger partial charge in [0, 0.05) is 7.05 Å². The van der Waals surface area contributed by atoms with Crippen LogP contribution < -0.4 is 0 Å². The van der Waals surface area contributed by atoms with Gasteiger partial charge in [-0.2, -0.15) is 0 Å². The zero-order valence-electron chi connectivity index (χ0n) is 6.42. The Kier molecular flexibility index (Phi) is 1.99. The second-order valence-electron chi connectivity index (χ2n) is 2.71. The second-order valence-corrected chi connectivity index (χ2v) is 2.71. The maximum atomic E-state index is 12.3. The largest absolute Gasteiger partial charge is 0.700 e. The zero-order valence-corrected chi connectivity index (χ0v) is 6.42. The summed E-state index contributed by atoms with van der Waals surface area (Å²) in [6.45, 7) is 3.46. The maximum absolute atomic E-state index is 12.3. The Balaban J connectivity index is 2.61. The van der Waals surface area contributed by atoms with Gasteiger partial charge in [0.25, 0.3) is 0 Å². The van der Waals surface area contributed by atoms with Crippen molar-refractivity contribution in [3.8, 4) is 0 Å². The zero-order chi connectivity index (χ0) is 7.61. The lowest BCUT2D eigenvalue weighted by Gasteiger charge is -2.26. The summed E-state index contributed by atoms with van der Waals surface area (Å²) >= 11 is 0. The van der Waals surface area contributed by atoms with E-state index < -0.39 is 0 Å². The third kappa shape index (κ3) is 1.16. The van der Waals surface area contributed by atoms with Crippen LogP contribution in [-0.2, 0) is 0 Å². The first-order valence-electron chi connectivity index (χ1n) is 3.43. The number of hydrogen-bond acceptors (Lipinski definition) is 1. The van der Waals surface area contributed by atoms with Crippen LogP contribution >= 0.6 is 0 Å². The van der Waals surface area contributed by atoms with E-state index in [2.05, 4.69) is 0 Å². The van der Waals surface area contributed by atoms with Gasteiger partial charge in [-0.1, -0.05) is 0 Å². The Hall–Kier alpha value is -0.505. The van der Waals surface area contributed by atoms with Crippen molar-refractivity contribution >= 4 is 7.69 Å². The third-order valence-electron chi connectivity index (χ3n) is 1.89. The molecule has 0 spiro atoms. The molecule has 0 N–H and O–H groups in total. The smallest absolute Gasteiger partial charge is 0.331 e. The molecule has 1 aliphatic heterocycles. The van der Waals surface area contributed by atoms with Crippen LogP contribution in [0.15, 0.2) is 12.4 Å². The molecule has 0 aromatic heterocycles. The summed E-state index contributed by atoms with van der Waals surface area (Å²) in [7, 11) is 2.68. The highest BCUT2D eigenvalue weighted by atomic mass is 19.1. The van der Waals surface area contributed by atoms with Crippen LogP contribution in [0.4, 0.5) is 4.32 Å². The molecular formula is C6H12BFN2+. The fraction of sp³-hybridized carbons (Fsp3) is 0.667. The molecule has 2 nitrogen and oxygen atoms in total. The predicted molar refractivity (Wildman–Crippen MR) is 39.4 cm³/mol. The highest BCUT2D eigenvalue weighted by Gasteiger charge is 2.32. The SMILES string of the molecule is CC[N+]1([B]F)C=CN(C)C1. The van der Waals surface area contributed by atoms with E-state index in [-0.39, 0.29) is 0 Å². The maximum Gasteiger partial charge on any atom is 0.700 e. The molecule has 1 aliphatic rings. The first-order chi connectivity index (χ1) is 4.72. The van der Waals surface area contributed by atoms with Crippen molar-refractivity contribution in [1.82, 2.24) is 4.90 Å². The number of hydrogen-bond donors (Lipinski definition) is 0. The first kappa shape index (κ1) is 7.60. The standard InChI is InChI=1S/C6H12BFN2/c1-3-10(7-8)5-4-9(2)6-10/h4-5H,3,6H2,1-2H3/q+1. The summed E-state index contributed by atoms with van der Waals surface area (Å²) in [5.41, 5.74) is 0. The van der Waals surface area contributed by atoms with Gasteiger partial charge in [0.05, 0.1) is 18.9 Å². The number of quaternary nitrogens is 1. The van der Waals surface area contributed by atoms with Crippen molar-refractivity contribution in [2.75, 3.05) is 20.3 Å². The molecule has 1 atom stereocenters. The number of nitrogens with zero attached hydrogens (tertiary/aromatic N) is 2. The Morgan fingerprint density at radius 3 is 2.70 bits per heavy atom. The van der Waals surface area contributed by atoms with E-state index in [1.165, 1.54) is 0 Å². The minimum atomic E-state index is 0.330. The average Bonchev–Trinajstić information content (AvgIpc) is 2.33. The summed E-state index contributed by atoms with van der Waals surface area (Å²) in [5, 5.41) is 0. The Morgan fingerprint density at radius 2 is 2.50 bits per heavy atom. The highest BCUT2D eigenvalue weighted by Crippen LogP contribution is 2.14. The molecule has 10 heavy (non-hydrogen) atoms. The summed E-state index contributed by atoms with van der Waals surface area (Å²) in [4.78, 5) is 1.97. The number of halogens is 1. The Labute approximate surface area is 61.8 Å². The summed E-state index contributed by atoms with van der Waals surface area (Å²) in [6.07, 6.45) is 3.76. The van der Waals surface area contributed by atoms with Crippen LogP contribution in [0.3, 0.4) is 0 Å². The van der Waals surface area contributed by atoms with E-state index in [0.717, 1.165) is 14.2 Å². The molecule has 0 aromatic rings. The van der Waals surface area contributed by atoms with Crippen molar-refractivity contribution < 1.29 is 8.71 Å². The summed E-state index contributed by atoms with van der Waals surface area (Å²) < 4.78 is 12.6. The molecule has 0 fully saturated rings. The van der Waals surface area contributed by atoms with Crippen LogP contribution in [-0.4, -0.2) is 37.2 Å². The minimum absolute atomic E-state index is 0.330. The molecular weight excluding hydrogens is 130 g/mol. The van der Waals surface area contributed by atoms with Gasteiger partial charge in [-0.3, -0.25) is 4.32 Å². The van der Waals surface area contributed by atoms with Gasteiger partial charge in [0.15, 0.2) is 0 Å². The first-order valence-corrected chi connectivity index (χ1v) is 3.43. The van der Waals surface area contributed by atoms with Gasteiger partial charge in [0.2, 0.25) is 0 Å². The second kappa shape index (κ2) is 2.62. The van der Waals surface area contributed by atoms with E-state index in [1.807, 2.05) is 31.3 Å². The van der Waals surface area contributed by atoms with Crippen LogP contribution in [0.25, 0.3) is 0 Å².